The molecule has 0 spiro atoms. The van der Waals surface area contributed by atoms with Crippen LogP contribution in [0.4, 0.5) is 0 Å². The van der Waals surface area contributed by atoms with Crippen LogP contribution >= 0.6 is 12.4 Å². The summed E-state index contributed by atoms with van der Waals surface area (Å²) in [4.78, 5) is 14.7. The van der Waals surface area contributed by atoms with Gasteiger partial charge in [-0.05, 0) is 56.7 Å². The van der Waals surface area contributed by atoms with Crippen LogP contribution in [0.1, 0.15) is 47.2 Å². The Morgan fingerprint density at radius 1 is 1.19 bits per heavy atom. The van der Waals surface area contributed by atoms with E-state index in [1.54, 1.807) is 0 Å². The van der Waals surface area contributed by atoms with E-state index in [1.807, 2.05) is 31.0 Å². The number of hydrogen-bond donors (Lipinski definition) is 1. The zero-order chi connectivity index (χ0) is 14.3. The molecule has 3 rings (SSSR count). The second-order valence-electron chi connectivity index (χ2n) is 6.43. The largest absolute Gasteiger partial charge is 0.339 e. The molecule has 0 aromatic heterocycles. The van der Waals surface area contributed by atoms with Gasteiger partial charge in [-0.1, -0.05) is 12.1 Å². The number of aryl methyl sites for hydroxylation is 1. The molecule has 2 unspecified atom stereocenters. The van der Waals surface area contributed by atoms with Gasteiger partial charge in [0.05, 0.1) is 0 Å². The molecule has 2 aliphatic rings. The van der Waals surface area contributed by atoms with Crippen molar-refractivity contribution < 1.29 is 4.79 Å². The monoisotopic (exact) mass is 308 g/mol. The molecule has 1 aromatic rings. The summed E-state index contributed by atoms with van der Waals surface area (Å²) in [6, 6.07) is 7.63. The van der Waals surface area contributed by atoms with Crippen molar-refractivity contribution in [3.8, 4) is 0 Å². The molecule has 3 nitrogen and oxygen atoms in total. The molecule has 2 heterocycles. The topological polar surface area (TPSA) is 32.3 Å². The number of piperidine rings is 1. The Morgan fingerprint density at radius 2 is 1.81 bits per heavy atom. The van der Waals surface area contributed by atoms with Gasteiger partial charge in [-0.2, -0.15) is 0 Å². The molecule has 0 saturated carbocycles. The number of halogens is 1. The molecule has 1 aromatic carbocycles. The van der Waals surface area contributed by atoms with Gasteiger partial charge in [-0.3, -0.25) is 4.79 Å². The van der Waals surface area contributed by atoms with E-state index >= 15 is 0 Å². The van der Waals surface area contributed by atoms with Gasteiger partial charge in [0.25, 0.3) is 5.91 Å². The number of amides is 1. The lowest BCUT2D eigenvalue weighted by Gasteiger charge is -2.36. The summed E-state index contributed by atoms with van der Waals surface area (Å²) in [6.07, 6.45) is 4.74. The third kappa shape index (κ3) is 3.09. The van der Waals surface area contributed by atoms with Crippen LogP contribution in [0.25, 0.3) is 0 Å². The van der Waals surface area contributed by atoms with Crippen molar-refractivity contribution in [2.45, 2.75) is 57.7 Å². The highest BCUT2D eigenvalue weighted by atomic mass is 35.5. The molecule has 2 saturated heterocycles. The van der Waals surface area contributed by atoms with Crippen LogP contribution in [0, 0.1) is 13.8 Å². The van der Waals surface area contributed by atoms with Crippen molar-refractivity contribution in [1.82, 2.24) is 10.2 Å². The molecule has 2 bridgehead atoms. The summed E-state index contributed by atoms with van der Waals surface area (Å²) in [5.41, 5.74) is 3.16. The average molecular weight is 309 g/mol. The van der Waals surface area contributed by atoms with Crippen LogP contribution < -0.4 is 5.32 Å². The highest BCUT2D eigenvalue weighted by Crippen LogP contribution is 2.30. The highest BCUT2D eigenvalue weighted by Gasteiger charge is 2.36. The Balaban J connectivity index is 0.00000161. The van der Waals surface area contributed by atoms with Crippen LogP contribution in [0.5, 0.6) is 0 Å². The second kappa shape index (κ2) is 6.37. The lowest BCUT2D eigenvalue weighted by Crippen LogP contribution is -2.48. The summed E-state index contributed by atoms with van der Waals surface area (Å²) in [6.45, 7) is 4.11. The van der Waals surface area contributed by atoms with Crippen LogP contribution in [0.3, 0.4) is 0 Å². The number of carbonyl (C=O) groups is 1. The lowest BCUT2D eigenvalue weighted by molar-refractivity contribution is 0.0681. The molecule has 116 valence electrons. The van der Waals surface area contributed by atoms with Crippen LogP contribution in [-0.4, -0.2) is 36.0 Å². The molecule has 2 fully saturated rings. The van der Waals surface area contributed by atoms with Crippen LogP contribution in [-0.2, 0) is 0 Å². The van der Waals surface area contributed by atoms with Gasteiger partial charge in [0, 0.05) is 30.7 Å². The summed E-state index contributed by atoms with van der Waals surface area (Å²) in [7, 11) is 1.97. The highest BCUT2D eigenvalue weighted by molar-refractivity contribution is 5.96. The van der Waals surface area contributed by atoms with Crippen molar-refractivity contribution in [1.29, 1.82) is 0 Å². The minimum absolute atomic E-state index is 0. The molecule has 0 radical (unpaired) electrons. The molecule has 2 atom stereocenters. The van der Waals surface area contributed by atoms with Gasteiger partial charge < -0.3 is 10.2 Å². The molecule has 0 aliphatic carbocycles. The molecule has 21 heavy (non-hydrogen) atoms. The van der Waals surface area contributed by atoms with E-state index in [-0.39, 0.29) is 18.3 Å². The number of nitrogens with one attached hydrogen (secondary N) is 1. The maximum atomic E-state index is 12.8. The van der Waals surface area contributed by atoms with Crippen LogP contribution in [0.2, 0.25) is 0 Å². The zero-order valence-corrected chi connectivity index (χ0v) is 13.9. The molecule has 1 amide bonds. The first kappa shape index (κ1) is 16.3. The molecule has 1 N–H and O–H groups in total. The van der Waals surface area contributed by atoms with Gasteiger partial charge in [0.15, 0.2) is 0 Å². The molecule has 4 heteroatoms. The first-order valence-electron chi connectivity index (χ1n) is 7.65. The molecular formula is C17H25ClN2O. The van der Waals surface area contributed by atoms with E-state index in [4.69, 9.17) is 0 Å². The Kier molecular flexibility index (Phi) is 4.95. The fourth-order valence-corrected chi connectivity index (χ4v) is 3.68. The SMILES string of the molecule is Cc1cccc(C(=O)N(C)C2CC3CCC(C2)N3)c1C.Cl. The van der Waals surface area contributed by atoms with E-state index in [0.717, 1.165) is 24.0 Å². The third-order valence-electron chi connectivity index (χ3n) is 5.15. The number of carbonyl (C=O) groups excluding carboxylic acids is 1. The van der Waals surface area contributed by atoms with Gasteiger partial charge in [-0.15, -0.1) is 12.4 Å². The van der Waals surface area contributed by atoms with E-state index in [2.05, 4.69) is 18.3 Å². The van der Waals surface area contributed by atoms with E-state index < -0.39 is 0 Å². The summed E-state index contributed by atoms with van der Waals surface area (Å²) in [5.74, 6) is 0.178. The minimum Gasteiger partial charge on any atom is -0.339 e. The van der Waals surface area contributed by atoms with Crippen molar-refractivity contribution >= 4 is 18.3 Å². The number of rotatable bonds is 2. The first-order valence-corrected chi connectivity index (χ1v) is 7.65. The number of hydrogen-bond acceptors (Lipinski definition) is 2. The first-order chi connectivity index (χ1) is 9.56. The van der Waals surface area contributed by atoms with Gasteiger partial charge in [-0.25, -0.2) is 0 Å². The maximum absolute atomic E-state index is 12.8. The van der Waals surface area contributed by atoms with Gasteiger partial charge in [0.2, 0.25) is 0 Å². The van der Waals surface area contributed by atoms with E-state index in [9.17, 15) is 4.79 Å². The second-order valence-corrected chi connectivity index (χ2v) is 6.43. The quantitative estimate of drug-likeness (QED) is 0.910. The summed E-state index contributed by atoms with van der Waals surface area (Å²) < 4.78 is 0. The maximum Gasteiger partial charge on any atom is 0.254 e. The zero-order valence-electron chi connectivity index (χ0n) is 13.1. The molecule has 2 aliphatic heterocycles. The fourth-order valence-electron chi connectivity index (χ4n) is 3.68. The third-order valence-corrected chi connectivity index (χ3v) is 5.15. The Bertz CT molecular complexity index is 520. The Labute approximate surface area is 133 Å². The summed E-state index contributed by atoms with van der Waals surface area (Å²) >= 11 is 0. The Hall–Kier alpha value is -1.06. The lowest BCUT2D eigenvalue weighted by atomic mass is 9.96. The number of benzene rings is 1. The normalized spacial score (nSPS) is 27.1. The van der Waals surface area contributed by atoms with Crippen molar-refractivity contribution in [2.75, 3.05) is 7.05 Å². The predicted molar refractivity (Wildman–Crippen MR) is 88.2 cm³/mol. The molecular weight excluding hydrogens is 284 g/mol. The van der Waals surface area contributed by atoms with Crippen LogP contribution in [0.15, 0.2) is 18.2 Å². The van der Waals surface area contributed by atoms with Crippen molar-refractivity contribution in [3.63, 3.8) is 0 Å². The van der Waals surface area contributed by atoms with Crippen molar-refractivity contribution in [2.24, 2.45) is 0 Å². The predicted octanol–water partition coefficient (Wildman–Crippen LogP) is 3.08. The van der Waals surface area contributed by atoms with Crippen molar-refractivity contribution in [3.05, 3.63) is 34.9 Å². The average Bonchev–Trinajstić information content (AvgIpc) is 2.79. The number of nitrogens with zero attached hydrogens (tertiary/aromatic N) is 1. The van der Waals surface area contributed by atoms with E-state index in [1.165, 1.54) is 18.4 Å². The van der Waals surface area contributed by atoms with Gasteiger partial charge >= 0.3 is 0 Å². The Morgan fingerprint density at radius 3 is 2.43 bits per heavy atom. The summed E-state index contributed by atoms with van der Waals surface area (Å²) in [5, 5.41) is 3.64. The minimum atomic E-state index is 0. The van der Waals surface area contributed by atoms with E-state index in [0.29, 0.717) is 18.1 Å². The number of fused-ring (bicyclic) bond motifs is 2. The smallest absolute Gasteiger partial charge is 0.254 e. The van der Waals surface area contributed by atoms with Gasteiger partial charge in [0.1, 0.15) is 0 Å². The standard InChI is InChI=1S/C17H24N2O.ClH/c1-11-5-4-6-16(12(11)2)17(20)19(3)15-9-13-7-8-14(10-15)18-13;/h4-6,13-15,18H,7-10H2,1-3H3;1H. The fraction of sp³-hybridized carbons (Fsp3) is 0.588.